The predicted molar refractivity (Wildman–Crippen MR) is 97.0 cm³/mol. The van der Waals surface area contributed by atoms with Crippen molar-refractivity contribution in [2.45, 2.75) is 38.5 Å². The largest absolute Gasteiger partial charge is 0.341 e. The van der Waals surface area contributed by atoms with Gasteiger partial charge in [0, 0.05) is 13.1 Å². The number of nitrogens with zero attached hydrogens (tertiary/aromatic N) is 1. The standard InChI is InChI=1S/C19H28N2O.ClH/c1-2-16-14-21(19(22)13-20-12-15-8-9-15)11-10-18(16)17-6-4-3-5-7-17;/h3-7,15-16,18,20H,2,8-14H2,1H3;1H. The Morgan fingerprint density at radius 1 is 1.22 bits per heavy atom. The van der Waals surface area contributed by atoms with Gasteiger partial charge in [0.25, 0.3) is 0 Å². The Labute approximate surface area is 146 Å². The zero-order chi connectivity index (χ0) is 15.4. The van der Waals surface area contributed by atoms with Gasteiger partial charge in [-0.1, -0.05) is 43.7 Å². The molecular weight excluding hydrogens is 308 g/mol. The minimum Gasteiger partial charge on any atom is -0.341 e. The van der Waals surface area contributed by atoms with E-state index < -0.39 is 0 Å². The predicted octanol–water partition coefficient (Wildman–Crippen LogP) is 3.45. The van der Waals surface area contributed by atoms with Crippen LogP contribution in [-0.4, -0.2) is 37.0 Å². The summed E-state index contributed by atoms with van der Waals surface area (Å²) < 4.78 is 0. The molecule has 23 heavy (non-hydrogen) atoms. The van der Waals surface area contributed by atoms with Crippen LogP contribution in [0.5, 0.6) is 0 Å². The minimum atomic E-state index is 0. The SMILES string of the molecule is CCC1CN(C(=O)CNCC2CC2)CCC1c1ccccc1.Cl. The second kappa shape index (κ2) is 8.70. The van der Waals surface area contributed by atoms with Crippen molar-refractivity contribution < 1.29 is 4.79 Å². The summed E-state index contributed by atoms with van der Waals surface area (Å²) in [5.74, 6) is 2.31. The van der Waals surface area contributed by atoms with Crippen molar-refractivity contribution in [3.05, 3.63) is 35.9 Å². The molecule has 2 unspecified atom stereocenters. The Morgan fingerprint density at radius 3 is 2.61 bits per heavy atom. The highest BCUT2D eigenvalue weighted by atomic mass is 35.5. The zero-order valence-electron chi connectivity index (χ0n) is 14.0. The van der Waals surface area contributed by atoms with E-state index in [9.17, 15) is 4.79 Å². The van der Waals surface area contributed by atoms with Gasteiger partial charge in [0.2, 0.25) is 5.91 Å². The summed E-state index contributed by atoms with van der Waals surface area (Å²) in [6.07, 6.45) is 4.90. The Hall–Kier alpha value is -1.06. The molecule has 2 atom stereocenters. The highest BCUT2D eigenvalue weighted by molar-refractivity contribution is 5.85. The van der Waals surface area contributed by atoms with Gasteiger partial charge in [-0.05, 0) is 49.1 Å². The molecule has 0 bridgehead atoms. The summed E-state index contributed by atoms with van der Waals surface area (Å²) in [6, 6.07) is 10.8. The molecule has 0 radical (unpaired) electrons. The van der Waals surface area contributed by atoms with E-state index >= 15 is 0 Å². The second-order valence-electron chi connectivity index (χ2n) is 6.89. The maximum absolute atomic E-state index is 12.4. The topological polar surface area (TPSA) is 32.3 Å². The summed E-state index contributed by atoms with van der Waals surface area (Å²) in [4.78, 5) is 14.4. The van der Waals surface area contributed by atoms with E-state index in [1.807, 2.05) is 0 Å². The third kappa shape index (κ3) is 4.95. The maximum atomic E-state index is 12.4. The number of amides is 1. The fourth-order valence-electron chi connectivity index (χ4n) is 3.63. The molecule has 128 valence electrons. The third-order valence-corrected chi connectivity index (χ3v) is 5.24. The van der Waals surface area contributed by atoms with Gasteiger partial charge in [0.05, 0.1) is 6.54 Å². The summed E-state index contributed by atoms with van der Waals surface area (Å²) in [7, 11) is 0. The van der Waals surface area contributed by atoms with E-state index in [0.29, 0.717) is 18.4 Å². The Bertz CT molecular complexity index is 489. The van der Waals surface area contributed by atoms with Crippen LogP contribution in [0.3, 0.4) is 0 Å². The van der Waals surface area contributed by atoms with Gasteiger partial charge in [-0.2, -0.15) is 0 Å². The molecule has 1 saturated heterocycles. The first-order valence-corrected chi connectivity index (χ1v) is 8.81. The van der Waals surface area contributed by atoms with Crippen molar-refractivity contribution in [3.8, 4) is 0 Å². The summed E-state index contributed by atoms with van der Waals surface area (Å²) >= 11 is 0. The molecule has 0 aromatic heterocycles. The molecule has 2 fully saturated rings. The molecule has 1 saturated carbocycles. The lowest BCUT2D eigenvalue weighted by Gasteiger charge is -2.38. The molecule has 1 N–H and O–H groups in total. The molecule has 1 aromatic carbocycles. The average molecular weight is 337 g/mol. The fourth-order valence-corrected chi connectivity index (χ4v) is 3.63. The lowest BCUT2D eigenvalue weighted by atomic mass is 9.79. The third-order valence-electron chi connectivity index (χ3n) is 5.24. The number of nitrogens with one attached hydrogen (secondary N) is 1. The highest BCUT2D eigenvalue weighted by Crippen LogP contribution is 2.34. The first-order valence-electron chi connectivity index (χ1n) is 8.81. The number of benzene rings is 1. The number of carbonyl (C=O) groups excluding carboxylic acids is 1. The van der Waals surface area contributed by atoms with Crippen LogP contribution in [0.2, 0.25) is 0 Å². The van der Waals surface area contributed by atoms with Crippen LogP contribution in [0.15, 0.2) is 30.3 Å². The van der Waals surface area contributed by atoms with Gasteiger partial charge >= 0.3 is 0 Å². The highest BCUT2D eigenvalue weighted by Gasteiger charge is 2.31. The number of likely N-dealkylation sites (tertiary alicyclic amines) is 1. The van der Waals surface area contributed by atoms with E-state index in [-0.39, 0.29) is 18.3 Å². The van der Waals surface area contributed by atoms with Crippen LogP contribution < -0.4 is 5.32 Å². The molecule has 3 rings (SSSR count). The zero-order valence-corrected chi connectivity index (χ0v) is 14.9. The van der Waals surface area contributed by atoms with Gasteiger partial charge in [-0.25, -0.2) is 0 Å². The Balaban J connectivity index is 0.00000192. The van der Waals surface area contributed by atoms with E-state index in [1.54, 1.807) is 0 Å². The Kier molecular flexibility index (Phi) is 6.91. The number of carbonyl (C=O) groups is 1. The molecule has 1 heterocycles. The molecule has 1 aliphatic carbocycles. The number of piperidine rings is 1. The number of hydrogen-bond donors (Lipinski definition) is 1. The van der Waals surface area contributed by atoms with Gasteiger partial charge in [0.1, 0.15) is 0 Å². The molecule has 1 amide bonds. The Morgan fingerprint density at radius 2 is 1.96 bits per heavy atom. The molecular formula is C19H29ClN2O. The number of rotatable bonds is 6. The van der Waals surface area contributed by atoms with E-state index in [1.165, 1.54) is 18.4 Å². The lowest BCUT2D eigenvalue weighted by Crippen LogP contribution is -2.46. The van der Waals surface area contributed by atoms with E-state index in [0.717, 1.165) is 38.4 Å². The van der Waals surface area contributed by atoms with Gasteiger partial charge in [-0.3, -0.25) is 4.79 Å². The minimum absolute atomic E-state index is 0. The molecule has 3 nitrogen and oxygen atoms in total. The first kappa shape index (κ1) is 18.3. The summed E-state index contributed by atoms with van der Waals surface area (Å²) in [5.41, 5.74) is 1.44. The van der Waals surface area contributed by atoms with E-state index in [2.05, 4.69) is 47.5 Å². The summed E-state index contributed by atoms with van der Waals surface area (Å²) in [6.45, 7) is 5.60. The molecule has 2 aliphatic rings. The number of halogens is 1. The smallest absolute Gasteiger partial charge is 0.236 e. The van der Waals surface area contributed by atoms with Crippen LogP contribution in [0, 0.1) is 11.8 Å². The van der Waals surface area contributed by atoms with Crippen molar-refractivity contribution >= 4 is 18.3 Å². The van der Waals surface area contributed by atoms with Crippen LogP contribution in [0.1, 0.15) is 44.1 Å². The molecule has 4 heteroatoms. The lowest BCUT2D eigenvalue weighted by molar-refractivity contribution is -0.132. The monoisotopic (exact) mass is 336 g/mol. The number of hydrogen-bond acceptors (Lipinski definition) is 2. The quantitative estimate of drug-likeness (QED) is 0.863. The van der Waals surface area contributed by atoms with Gasteiger partial charge < -0.3 is 10.2 Å². The van der Waals surface area contributed by atoms with Gasteiger partial charge in [-0.15, -0.1) is 12.4 Å². The van der Waals surface area contributed by atoms with Crippen LogP contribution in [0.25, 0.3) is 0 Å². The molecule has 1 aromatic rings. The second-order valence-corrected chi connectivity index (χ2v) is 6.89. The van der Waals surface area contributed by atoms with Crippen LogP contribution >= 0.6 is 12.4 Å². The van der Waals surface area contributed by atoms with Crippen molar-refractivity contribution in [1.82, 2.24) is 10.2 Å². The van der Waals surface area contributed by atoms with Crippen molar-refractivity contribution in [3.63, 3.8) is 0 Å². The average Bonchev–Trinajstić information content (AvgIpc) is 3.39. The van der Waals surface area contributed by atoms with Crippen molar-refractivity contribution in [1.29, 1.82) is 0 Å². The van der Waals surface area contributed by atoms with Crippen molar-refractivity contribution in [2.75, 3.05) is 26.2 Å². The fraction of sp³-hybridized carbons (Fsp3) is 0.632. The van der Waals surface area contributed by atoms with Crippen LogP contribution in [-0.2, 0) is 4.79 Å². The first-order chi connectivity index (χ1) is 10.8. The normalized spacial score (nSPS) is 24.1. The molecule has 0 spiro atoms. The van der Waals surface area contributed by atoms with Gasteiger partial charge in [0.15, 0.2) is 0 Å². The molecule has 1 aliphatic heterocycles. The van der Waals surface area contributed by atoms with Crippen LogP contribution in [0.4, 0.5) is 0 Å². The summed E-state index contributed by atoms with van der Waals surface area (Å²) in [5, 5.41) is 3.33. The maximum Gasteiger partial charge on any atom is 0.236 e. The van der Waals surface area contributed by atoms with Crippen molar-refractivity contribution in [2.24, 2.45) is 11.8 Å². The van der Waals surface area contributed by atoms with E-state index in [4.69, 9.17) is 0 Å².